The number of nitrogens with one attached hydrogen (secondary N) is 1. The summed E-state index contributed by atoms with van der Waals surface area (Å²) in [7, 11) is -2.62. The lowest BCUT2D eigenvalue weighted by Crippen LogP contribution is -2.40. The fourth-order valence-corrected chi connectivity index (χ4v) is 5.30. The van der Waals surface area contributed by atoms with Crippen LogP contribution in [0.15, 0.2) is 34.5 Å². The van der Waals surface area contributed by atoms with Crippen LogP contribution in [-0.4, -0.2) is 58.0 Å². The van der Waals surface area contributed by atoms with Crippen molar-refractivity contribution < 1.29 is 27.5 Å². The first-order chi connectivity index (χ1) is 13.3. The van der Waals surface area contributed by atoms with E-state index in [0.29, 0.717) is 18.2 Å². The van der Waals surface area contributed by atoms with Crippen molar-refractivity contribution >= 4 is 49.8 Å². The van der Waals surface area contributed by atoms with Crippen LogP contribution in [0.2, 0.25) is 5.02 Å². The van der Waals surface area contributed by atoms with Gasteiger partial charge in [0.15, 0.2) is 0 Å². The van der Waals surface area contributed by atoms with Crippen LogP contribution >= 0.6 is 22.9 Å². The number of carbonyl (C=O) groups excluding carboxylic acids is 2. The Hall–Kier alpha value is -1.98. The number of benzene rings is 1. The average molecular weight is 445 g/mol. The summed E-state index contributed by atoms with van der Waals surface area (Å²) < 4.78 is 36.9. The molecule has 0 saturated carbocycles. The van der Waals surface area contributed by atoms with Gasteiger partial charge in [-0.15, -0.1) is 11.3 Å². The van der Waals surface area contributed by atoms with Gasteiger partial charge in [-0.1, -0.05) is 11.6 Å². The van der Waals surface area contributed by atoms with Crippen LogP contribution < -0.4 is 5.32 Å². The number of anilines is 1. The van der Waals surface area contributed by atoms with Crippen molar-refractivity contribution in [2.45, 2.75) is 4.90 Å². The van der Waals surface area contributed by atoms with Gasteiger partial charge in [0.1, 0.15) is 9.90 Å². The maximum atomic E-state index is 12.9. The van der Waals surface area contributed by atoms with Gasteiger partial charge in [0.2, 0.25) is 10.0 Å². The molecule has 1 aliphatic heterocycles. The lowest BCUT2D eigenvalue weighted by atomic mass is 10.2. The number of nitrogens with zero attached hydrogens (tertiary/aromatic N) is 1. The van der Waals surface area contributed by atoms with E-state index in [0.717, 1.165) is 11.3 Å². The molecule has 0 aliphatic carbocycles. The molecule has 0 spiro atoms. The van der Waals surface area contributed by atoms with Crippen LogP contribution in [0.3, 0.4) is 0 Å². The fourth-order valence-electron chi connectivity index (χ4n) is 2.62. The van der Waals surface area contributed by atoms with Crippen LogP contribution in [0.25, 0.3) is 0 Å². The number of hydrogen-bond acceptors (Lipinski definition) is 7. The van der Waals surface area contributed by atoms with Crippen molar-refractivity contribution in [1.82, 2.24) is 4.31 Å². The highest BCUT2D eigenvalue weighted by Crippen LogP contribution is 2.28. The number of rotatable bonds is 5. The Kier molecular flexibility index (Phi) is 6.36. The lowest BCUT2D eigenvalue weighted by molar-refractivity contribution is 0.0602. The van der Waals surface area contributed by atoms with Crippen molar-refractivity contribution in [3.05, 3.63) is 45.8 Å². The first-order valence-corrected chi connectivity index (χ1v) is 10.9. The van der Waals surface area contributed by atoms with Crippen molar-refractivity contribution in [1.29, 1.82) is 0 Å². The molecule has 0 atom stereocenters. The normalized spacial score (nSPS) is 15.2. The van der Waals surface area contributed by atoms with Crippen molar-refractivity contribution in [3.8, 4) is 0 Å². The molecule has 0 bridgehead atoms. The Labute approximate surface area is 171 Å². The van der Waals surface area contributed by atoms with Crippen LogP contribution in [-0.2, 0) is 19.5 Å². The van der Waals surface area contributed by atoms with E-state index >= 15 is 0 Å². The molecule has 1 aromatic carbocycles. The number of hydrogen-bond donors (Lipinski definition) is 1. The second kappa shape index (κ2) is 8.58. The Bertz CT molecular complexity index is 999. The third-order valence-corrected chi connectivity index (χ3v) is 7.29. The van der Waals surface area contributed by atoms with E-state index in [2.05, 4.69) is 10.1 Å². The lowest BCUT2D eigenvalue weighted by Gasteiger charge is -2.26. The summed E-state index contributed by atoms with van der Waals surface area (Å²) in [5.41, 5.74) is 0.316. The molecular formula is C17H17ClN2O6S2. The highest BCUT2D eigenvalue weighted by molar-refractivity contribution is 7.89. The maximum Gasteiger partial charge on any atom is 0.340 e. The summed E-state index contributed by atoms with van der Waals surface area (Å²) in [6, 6.07) is 5.54. The maximum absolute atomic E-state index is 12.9. The van der Waals surface area contributed by atoms with Crippen LogP contribution in [0.5, 0.6) is 0 Å². The molecule has 0 radical (unpaired) electrons. The fraction of sp³-hybridized carbons (Fsp3) is 0.294. The zero-order valence-corrected chi connectivity index (χ0v) is 17.2. The molecule has 1 aliphatic rings. The number of halogens is 1. The van der Waals surface area contributed by atoms with E-state index in [1.54, 1.807) is 5.38 Å². The molecule has 0 unspecified atom stereocenters. The molecule has 11 heteroatoms. The molecule has 1 N–H and O–H groups in total. The summed E-state index contributed by atoms with van der Waals surface area (Å²) in [5, 5.41) is 4.58. The highest BCUT2D eigenvalue weighted by atomic mass is 35.5. The molecular weight excluding hydrogens is 428 g/mol. The van der Waals surface area contributed by atoms with Crippen LogP contribution in [0.4, 0.5) is 5.00 Å². The van der Waals surface area contributed by atoms with Gasteiger partial charge in [0.05, 0.1) is 30.9 Å². The number of morpholine rings is 1. The third-order valence-electron chi connectivity index (χ3n) is 4.08. The molecule has 3 rings (SSSR count). The number of ether oxygens (including phenoxy) is 2. The number of methoxy groups -OCH3 is 1. The zero-order chi connectivity index (χ0) is 20.3. The first-order valence-electron chi connectivity index (χ1n) is 8.19. The Morgan fingerprint density at radius 2 is 1.96 bits per heavy atom. The number of amides is 1. The Balaban J connectivity index is 1.88. The first kappa shape index (κ1) is 20.7. The van der Waals surface area contributed by atoms with Gasteiger partial charge in [-0.25, -0.2) is 13.2 Å². The van der Waals surface area contributed by atoms with E-state index in [4.69, 9.17) is 16.3 Å². The molecule has 1 saturated heterocycles. The molecule has 150 valence electrons. The van der Waals surface area contributed by atoms with Crippen LogP contribution in [0.1, 0.15) is 20.7 Å². The van der Waals surface area contributed by atoms with Gasteiger partial charge in [0.25, 0.3) is 5.91 Å². The summed E-state index contributed by atoms with van der Waals surface area (Å²) in [4.78, 5) is 24.2. The molecule has 1 amide bonds. The standard InChI is InChI=1S/C17H17ClN2O6S2/c1-25-17(22)12-4-9-27-16(12)19-15(21)11-2-3-13(18)14(10-11)28(23,24)20-5-7-26-8-6-20/h2-4,9-10H,5-8H2,1H3,(H,19,21). The summed E-state index contributed by atoms with van der Waals surface area (Å²) in [5.74, 6) is -1.15. The average Bonchev–Trinajstić information content (AvgIpc) is 3.16. The van der Waals surface area contributed by atoms with Gasteiger partial charge in [-0.3, -0.25) is 4.79 Å². The van der Waals surface area contributed by atoms with E-state index in [9.17, 15) is 18.0 Å². The van der Waals surface area contributed by atoms with Gasteiger partial charge in [0, 0.05) is 18.7 Å². The van der Waals surface area contributed by atoms with E-state index in [-0.39, 0.29) is 34.1 Å². The highest BCUT2D eigenvalue weighted by Gasteiger charge is 2.29. The number of carbonyl (C=O) groups is 2. The molecule has 2 heterocycles. The van der Waals surface area contributed by atoms with Gasteiger partial charge in [-0.05, 0) is 29.6 Å². The van der Waals surface area contributed by atoms with E-state index < -0.39 is 21.9 Å². The monoisotopic (exact) mass is 444 g/mol. The SMILES string of the molecule is COC(=O)c1ccsc1NC(=O)c1ccc(Cl)c(S(=O)(=O)N2CCOCC2)c1. The zero-order valence-electron chi connectivity index (χ0n) is 14.8. The molecule has 8 nitrogen and oxygen atoms in total. The van der Waals surface area contributed by atoms with Gasteiger partial charge in [-0.2, -0.15) is 4.31 Å². The molecule has 2 aromatic rings. The van der Waals surface area contributed by atoms with E-state index in [1.165, 1.54) is 35.7 Å². The number of esters is 1. The second-order valence-electron chi connectivity index (χ2n) is 5.77. The van der Waals surface area contributed by atoms with E-state index in [1.807, 2.05) is 0 Å². The minimum atomic E-state index is -3.87. The topological polar surface area (TPSA) is 102 Å². The number of thiophene rings is 1. The van der Waals surface area contributed by atoms with Crippen molar-refractivity contribution in [3.63, 3.8) is 0 Å². The Morgan fingerprint density at radius 3 is 2.64 bits per heavy atom. The molecule has 28 heavy (non-hydrogen) atoms. The predicted octanol–water partition coefficient (Wildman–Crippen LogP) is 2.46. The summed E-state index contributed by atoms with van der Waals surface area (Å²) in [6.45, 7) is 1.02. The second-order valence-corrected chi connectivity index (χ2v) is 9.00. The largest absolute Gasteiger partial charge is 0.465 e. The Morgan fingerprint density at radius 1 is 1.25 bits per heavy atom. The predicted molar refractivity (Wildman–Crippen MR) is 105 cm³/mol. The minimum absolute atomic E-state index is 0.0226. The third kappa shape index (κ3) is 4.20. The molecule has 1 fully saturated rings. The van der Waals surface area contributed by atoms with Crippen molar-refractivity contribution in [2.75, 3.05) is 38.7 Å². The summed E-state index contributed by atoms with van der Waals surface area (Å²) in [6.07, 6.45) is 0. The smallest absolute Gasteiger partial charge is 0.340 e. The van der Waals surface area contributed by atoms with Gasteiger partial charge >= 0.3 is 5.97 Å². The minimum Gasteiger partial charge on any atom is -0.465 e. The van der Waals surface area contributed by atoms with Crippen molar-refractivity contribution in [2.24, 2.45) is 0 Å². The van der Waals surface area contributed by atoms with Gasteiger partial charge < -0.3 is 14.8 Å². The number of sulfonamides is 1. The molecule has 1 aromatic heterocycles. The van der Waals surface area contributed by atoms with Crippen LogP contribution in [0, 0.1) is 0 Å². The quantitative estimate of drug-likeness (QED) is 0.711. The summed E-state index contributed by atoms with van der Waals surface area (Å²) >= 11 is 7.26.